The summed E-state index contributed by atoms with van der Waals surface area (Å²) >= 11 is 0. The Morgan fingerprint density at radius 1 is 0.792 bits per heavy atom. The number of carbonyl (C=O) groups is 6. The normalized spacial score (nSPS) is 17.4. The number of anilines is 1. The third-order valence-corrected chi connectivity index (χ3v) is 13.5. The van der Waals surface area contributed by atoms with E-state index in [1.165, 1.54) is 9.13 Å². The lowest BCUT2D eigenvalue weighted by atomic mass is 10.0. The number of para-hydroxylation sites is 1. The van der Waals surface area contributed by atoms with Gasteiger partial charge in [0.15, 0.2) is 0 Å². The SMILES string of the molecule is C[C@@H](OCc1ccc(CCCNC(=O)COCCOCCOCCOCCCc2ccc3c(c2)n(C)c(=O)n3C2CCC(=O)NC2=O)cc1)[C@H](CCC(N)=O)NC(=O)[C@@H]1Cc2cccc3c2N1C(=O)CCC3. The number of hydrogen-bond acceptors (Lipinski definition) is 12. The Labute approximate surface area is 419 Å². The van der Waals surface area contributed by atoms with Crippen molar-refractivity contribution in [2.24, 2.45) is 12.8 Å². The third kappa shape index (κ3) is 14.5. The molecule has 3 aliphatic heterocycles. The number of carbonyl (C=O) groups excluding carboxylic acids is 6. The van der Waals surface area contributed by atoms with Crippen LogP contribution in [0.3, 0.4) is 0 Å². The number of rotatable bonds is 29. The molecule has 1 fully saturated rings. The summed E-state index contributed by atoms with van der Waals surface area (Å²) in [6.45, 7) is 5.42. The van der Waals surface area contributed by atoms with E-state index in [9.17, 15) is 33.6 Å². The number of amides is 6. The van der Waals surface area contributed by atoms with Gasteiger partial charge in [0.1, 0.15) is 18.7 Å². The summed E-state index contributed by atoms with van der Waals surface area (Å²) in [4.78, 5) is 89.7. The lowest BCUT2D eigenvalue weighted by Crippen LogP contribution is -2.53. The van der Waals surface area contributed by atoms with Crippen LogP contribution in [0.5, 0.6) is 0 Å². The van der Waals surface area contributed by atoms with Crippen LogP contribution in [0.2, 0.25) is 0 Å². The number of ether oxygens (including phenoxy) is 5. The lowest BCUT2D eigenvalue weighted by molar-refractivity contribution is -0.136. The van der Waals surface area contributed by atoms with E-state index in [-0.39, 0.29) is 55.4 Å². The van der Waals surface area contributed by atoms with Crippen LogP contribution in [-0.4, -0.2) is 122 Å². The van der Waals surface area contributed by atoms with Crippen LogP contribution in [0, 0.1) is 0 Å². The number of nitrogens with two attached hydrogens (primary N) is 1. The first-order chi connectivity index (χ1) is 34.9. The number of imide groups is 1. The number of benzene rings is 3. The Morgan fingerprint density at radius 3 is 2.21 bits per heavy atom. The number of nitrogens with one attached hydrogen (secondary N) is 3. The molecular formula is C53H69N7O12. The van der Waals surface area contributed by atoms with Crippen molar-refractivity contribution >= 4 is 52.2 Å². The monoisotopic (exact) mass is 996 g/mol. The van der Waals surface area contributed by atoms with Crippen molar-refractivity contribution in [2.75, 3.05) is 64.3 Å². The van der Waals surface area contributed by atoms with Crippen molar-refractivity contribution in [3.63, 3.8) is 0 Å². The van der Waals surface area contributed by atoms with Gasteiger partial charge in [-0.05, 0) is 98.2 Å². The van der Waals surface area contributed by atoms with Gasteiger partial charge < -0.3 is 40.1 Å². The highest BCUT2D eigenvalue weighted by molar-refractivity contribution is 6.05. The van der Waals surface area contributed by atoms with E-state index in [0.29, 0.717) is 84.0 Å². The second-order valence-electron chi connectivity index (χ2n) is 18.7. The van der Waals surface area contributed by atoms with Crippen molar-refractivity contribution in [3.8, 4) is 0 Å². The number of aromatic nitrogens is 2. The quantitative estimate of drug-likeness (QED) is 0.0454. The van der Waals surface area contributed by atoms with Gasteiger partial charge in [0, 0.05) is 45.9 Å². The summed E-state index contributed by atoms with van der Waals surface area (Å²) in [7, 11) is 1.68. The fraction of sp³-hybridized carbons (Fsp3) is 0.528. The molecule has 72 heavy (non-hydrogen) atoms. The predicted molar refractivity (Wildman–Crippen MR) is 267 cm³/mol. The van der Waals surface area contributed by atoms with Gasteiger partial charge >= 0.3 is 5.69 Å². The maximum Gasteiger partial charge on any atom is 0.329 e. The van der Waals surface area contributed by atoms with Gasteiger partial charge in [-0.25, -0.2) is 4.79 Å². The lowest BCUT2D eigenvalue weighted by Gasteiger charge is -2.29. The molecule has 1 aromatic heterocycles. The van der Waals surface area contributed by atoms with Crippen LogP contribution in [0.25, 0.3) is 11.0 Å². The molecule has 3 aliphatic rings. The Balaban J connectivity index is 0.686. The largest absolute Gasteiger partial charge is 0.379 e. The zero-order valence-corrected chi connectivity index (χ0v) is 41.5. The Hall–Kier alpha value is -6.25. The van der Waals surface area contributed by atoms with Crippen molar-refractivity contribution in [1.82, 2.24) is 25.1 Å². The molecule has 4 atom stereocenters. The summed E-state index contributed by atoms with van der Waals surface area (Å²) in [5.74, 6) is -1.76. The highest BCUT2D eigenvalue weighted by Crippen LogP contribution is 2.39. The van der Waals surface area contributed by atoms with E-state index in [1.807, 2.05) is 67.6 Å². The van der Waals surface area contributed by atoms with Gasteiger partial charge in [0.2, 0.25) is 35.4 Å². The summed E-state index contributed by atoms with van der Waals surface area (Å²) in [6.07, 6.45) is 5.86. The smallest absolute Gasteiger partial charge is 0.329 e. The molecule has 7 rings (SSSR count). The van der Waals surface area contributed by atoms with E-state index in [0.717, 1.165) is 77.5 Å². The van der Waals surface area contributed by atoms with Crippen LogP contribution >= 0.6 is 0 Å². The standard InChI is InChI=1S/C53H69N7O12/c1-35(41(18-21-46(54)61)56-52(66)45-32-40-11-3-9-39-10-4-12-49(64)60(45)50(39)40)72-33-38-15-13-36(14-16-38)7-5-23-55-48(63)34-71-30-29-70-28-27-69-26-25-68-24-6-8-37-17-19-42-44(31-37)58(2)53(67)59(42)43-20-22-47(62)57-51(43)65/h3,9,11,13-17,19,31,35,41,43,45H,4-8,10,12,18,20-30,32-34H2,1-2H3,(H2,54,61)(H,55,63)(H,56,66)(H,57,62,65)/t35-,41+,43?,45+/m1/s1. The Kier molecular flexibility index (Phi) is 19.7. The second-order valence-corrected chi connectivity index (χ2v) is 18.7. The third-order valence-electron chi connectivity index (χ3n) is 13.5. The molecule has 19 nitrogen and oxygen atoms in total. The first kappa shape index (κ1) is 53.5. The van der Waals surface area contributed by atoms with E-state index < -0.39 is 36.0 Å². The number of fused-ring (bicyclic) bond motifs is 1. The molecule has 0 spiro atoms. The number of primary amides is 1. The van der Waals surface area contributed by atoms with Gasteiger partial charge in [-0.2, -0.15) is 0 Å². The van der Waals surface area contributed by atoms with Crippen molar-refractivity contribution in [3.05, 3.63) is 99.0 Å². The second kappa shape index (κ2) is 26.4. The molecule has 388 valence electrons. The number of aryl methyl sites for hydroxylation is 4. The molecule has 0 bridgehead atoms. The van der Waals surface area contributed by atoms with Crippen LogP contribution in [-0.2, 0) is 91.8 Å². The van der Waals surface area contributed by atoms with Crippen molar-refractivity contribution in [2.45, 2.75) is 115 Å². The highest BCUT2D eigenvalue weighted by atomic mass is 16.6. The van der Waals surface area contributed by atoms with E-state index in [4.69, 9.17) is 29.4 Å². The number of imidazole rings is 1. The van der Waals surface area contributed by atoms with Crippen LogP contribution in [0.15, 0.2) is 65.5 Å². The molecule has 1 saturated heterocycles. The molecule has 0 radical (unpaired) electrons. The maximum absolute atomic E-state index is 13.8. The zero-order valence-electron chi connectivity index (χ0n) is 41.5. The maximum atomic E-state index is 13.8. The molecule has 0 saturated carbocycles. The average Bonchev–Trinajstić information content (AvgIpc) is 3.81. The average molecular weight is 996 g/mol. The first-order valence-electron chi connectivity index (χ1n) is 25.2. The summed E-state index contributed by atoms with van der Waals surface area (Å²) < 4.78 is 31.5. The number of piperidine rings is 1. The number of nitrogens with zero attached hydrogens (tertiary/aromatic N) is 3. The molecule has 4 heterocycles. The molecule has 5 N–H and O–H groups in total. The fourth-order valence-corrected chi connectivity index (χ4v) is 9.55. The van der Waals surface area contributed by atoms with Crippen LogP contribution in [0.4, 0.5) is 5.69 Å². The van der Waals surface area contributed by atoms with Gasteiger partial charge in [-0.1, -0.05) is 48.5 Å². The van der Waals surface area contributed by atoms with Crippen molar-refractivity contribution in [1.29, 1.82) is 0 Å². The first-order valence-corrected chi connectivity index (χ1v) is 25.2. The summed E-state index contributed by atoms with van der Waals surface area (Å²) in [5.41, 5.74) is 12.7. The molecule has 0 aliphatic carbocycles. The van der Waals surface area contributed by atoms with Gasteiger partial charge in [0.25, 0.3) is 0 Å². The molecule has 6 amide bonds. The molecular weight excluding hydrogens is 927 g/mol. The minimum Gasteiger partial charge on any atom is -0.379 e. The predicted octanol–water partition coefficient (Wildman–Crippen LogP) is 3.02. The molecule has 19 heteroatoms. The van der Waals surface area contributed by atoms with E-state index in [1.54, 1.807) is 11.9 Å². The number of hydrogen-bond donors (Lipinski definition) is 4. The van der Waals surface area contributed by atoms with E-state index >= 15 is 0 Å². The van der Waals surface area contributed by atoms with Crippen molar-refractivity contribution < 1.29 is 52.5 Å². The highest BCUT2D eigenvalue weighted by Gasteiger charge is 2.41. The summed E-state index contributed by atoms with van der Waals surface area (Å²) in [5, 5.41) is 8.31. The molecule has 3 aromatic carbocycles. The van der Waals surface area contributed by atoms with Crippen LogP contribution in [0.1, 0.15) is 92.1 Å². The van der Waals surface area contributed by atoms with Crippen LogP contribution < -0.4 is 32.3 Å². The molecule has 4 aromatic rings. The van der Waals surface area contributed by atoms with Gasteiger partial charge in [-0.15, -0.1) is 0 Å². The fourth-order valence-electron chi connectivity index (χ4n) is 9.55. The molecule has 1 unspecified atom stereocenters. The van der Waals surface area contributed by atoms with Gasteiger partial charge in [0.05, 0.1) is 75.1 Å². The minimum absolute atomic E-state index is 0.0484. The summed E-state index contributed by atoms with van der Waals surface area (Å²) in [6, 6.07) is 17.9. The Bertz CT molecular complexity index is 2590. The topological polar surface area (TPSA) is 241 Å². The Morgan fingerprint density at radius 2 is 1.47 bits per heavy atom. The minimum atomic E-state index is -0.710. The van der Waals surface area contributed by atoms with Gasteiger partial charge in [-0.3, -0.25) is 48.1 Å². The zero-order chi connectivity index (χ0) is 51.0. The van der Waals surface area contributed by atoms with E-state index in [2.05, 4.69) is 16.0 Å².